The average Bonchev–Trinajstić information content (AvgIpc) is 2.82. The quantitative estimate of drug-likeness (QED) is 0.920. The Kier molecular flexibility index (Phi) is 5.07. The third kappa shape index (κ3) is 3.65. The van der Waals surface area contributed by atoms with Gasteiger partial charge in [0.1, 0.15) is 0 Å². The molecule has 0 bridgehead atoms. The van der Waals surface area contributed by atoms with Gasteiger partial charge in [0, 0.05) is 51.0 Å². The minimum atomic E-state index is 0.0366. The first-order valence-corrected chi connectivity index (χ1v) is 7.87. The number of nitrogens with two attached hydrogens (primary N) is 1. The molecule has 2 rings (SSSR count). The van der Waals surface area contributed by atoms with Gasteiger partial charge in [-0.3, -0.25) is 9.58 Å². The zero-order valence-corrected chi connectivity index (χ0v) is 14.1. The van der Waals surface area contributed by atoms with Crippen LogP contribution >= 0.6 is 0 Å². The zero-order valence-electron chi connectivity index (χ0n) is 14.1. The van der Waals surface area contributed by atoms with Crippen molar-refractivity contribution in [3.63, 3.8) is 0 Å². The van der Waals surface area contributed by atoms with Crippen LogP contribution in [0, 0.1) is 0 Å². The molecule has 1 unspecified atom stereocenters. The summed E-state index contributed by atoms with van der Waals surface area (Å²) in [7, 11) is 3.79. The summed E-state index contributed by atoms with van der Waals surface area (Å²) in [6.07, 6.45) is 4.70. The van der Waals surface area contributed by atoms with E-state index in [1.54, 1.807) is 7.11 Å². The third-order valence-electron chi connectivity index (χ3n) is 4.40. The van der Waals surface area contributed by atoms with Crippen molar-refractivity contribution in [1.29, 1.82) is 0 Å². The van der Waals surface area contributed by atoms with E-state index >= 15 is 0 Å². The van der Waals surface area contributed by atoms with E-state index < -0.39 is 0 Å². The Morgan fingerprint density at radius 3 is 2.48 bits per heavy atom. The Labute approximate surface area is 128 Å². The normalized spacial score (nSPS) is 19.9. The molecule has 1 aromatic heterocycles. The van der Waals surface area contributed by atoms with E-state index in [0.717, 1.165) is 31.6 Å². The smallest absolute Gasteiger partial charge is 0.0726 e. The van der Waals surface area contributed by atoms with Crippen LogP contribution in [0.15, 0.2) is 6.20 Å². The highest BCUT2D eigenvalue weighted by Gasteiger charge is 2.31. The summed E-state index contributed by atoms with van der Waals surface area (Å²) in [5.74, 6) is 0. The zero-order chi connectivity index (χ0) is 15.6. The van der Waals surface area contributed by atoms with Gasteiger partial charge in [0.05, 0.1) is 17.8 Å². The molecule has 21 heavy (non-hydrogen) atoms. The van der Waals surface area contributed by atoms with Crippen LogP contribution in [-0.2, 0) is 17.2 Å². The van der Waals surface area contributed by atoms with Crippen LogP contribution in [0.2, 0.25) is 0 Å². The fourth-order valence-electron chi connectivity index (χ4n) is 3.23. The molecule has 0 amide bonds. The van der Waals surface area contributed by atoms with Crippen molar-refractivity contribution in [1.82, 2.24) is 14.7 Å². The minimum absolute atomic E-state index is 0.0366. The van der Waals surface area contributed by atoms with E-state index in [1.807, 2.05) is 11.7 Å². The number of ether oxygens (including phenoxy) is 1. The van der Waals surface area contributed by atoms with Gasteiger partial charge in [0.25, 0.3) is 0 Å². The largest absolute Gasteiger partial charge is 0.381 e. The van der Waals surface area contributed by atoms with Crippen LogP contribution in [-0.4, -0.2) is 47.5 Å². The Bertz CT molecular complexity index is 455. The summed E-state index contributed by atoms with van der Waals surface area (Å²) >= 11 is 0. The molecule has 1 atom stereocenters. The number of rotatable bonds is 4. The van der Waals surface area contributed by atoms with Gasteiger partial charge < -0.3 is 10.5 Å². The average molecular weight is 294 g/mol. The molecule has 120 valence electrons. The molecular weight excluding hydrogens is 264 g/mol. The fraction of sp³-hybridized carbons (Fsp3) is 0.812. The molecule has 1 aromatic rings. The molecule has 5 nitrogen and oxygen atoms in total. The number of hydrogen-bond donors (Lipinski definition) is 1. The lowest BCUT2D eigenvalue weighted by molar-refractivity contribution is 0.0278. The molecule has 1 fully saturated rings. The number of nitrogens with zero attached hydrogens (tertiary/aromatic N) is 3. The second-order valence-corrected chi connectivity index (χ2v) is 7.08. The summed E-state index contributed by atoms with van der Waals surface area (Å²) in [4.78, 5) is 2.49. The maximum atomic E-state index is 6.11. The number of likely N-dealkylation sites (tertiary alicyclic amines) is 1. The van der Waals surface area contributed by atoms with Crippen molar-refractivity contribution in [3.8, 4) is 0 Å². The molecule has 0 radical (unpaired) electrons. The molecule has 0 spiro atoms. The molecule has 0 aromatic carbocycles. The Morgan fingerprint density at radius 1 is 1.38 bits per heavy atom. The predicted octanol–water partition coefficient (Wildman–Crippen LogP) is 1.83. The van der Waals surface area contributed by atoms with Gasteiger partial charge in [-0.05, 0) is 12.8 Å². The van der Waals surface area contributed by atoms with Crippen molar-refractivity contribution < 1.29 is 4.74 Å². The van der Waals surface area contributed by atoms with Gasteiger partial charge in [-0.15, -0.1) is 0 Å². The number of aryl methyl sites for hydroxylation is 1. The number of hydrogen-bond acceptors (Lipinski definition) is 4. The van der Waals surface area contributed by atoms with Gasteiger partial charge in [0.15, 0.2) is 0 Å². The monoisotopic (exact) mass is 294 g/mol. The van der Waals surface area contributed by atoms with Crippen molar-refractivity contribution >= 4 is 0 Å². The summed E-state index contributed by atoms with van der Waals surface area (Å²) in [6, 6.07) is 0.255. The van der Waals surface area contributed by atoms with Gasteiger partial charge in [-0.25, -0.2) is 0 Å². The second-order valence-electron chi connectivity index (χ2n) is 7.08. The summed E-state index contributed by atoms with van der Waals surface area (Å²) in [5.41, 5.74) is 8.59. The van der Waals surface area contributed by atoms with Crippen molar-refractivity contribution in [2.24, 2.45) is 12.8 Å². The topological polar surface area (TPSA) is 56.3 Å². The highest BCUT2D eigenvalue weighted by molar-refractivity contribution is 5.28. The molecule has 2 N–H and O–H groups in total. The summed E-state index contributed by atoms with van der Waals surface area (Å²) < 4.78 is 7.38. The van der Waals surface area contributed by atoms with Crippen LogP contribution in [0.4, 0.5) is 0 Å². The fourth-order valence-corrected chi connectivity index (χ4v) is 3.23. The molecule has 1 saturated heterocycles. The van der Waals surface area contributed by atoms with Crippen molar-refractivity contribution in [2.75, 3.05) is 26.7 Å². The van der Waals surface area contributed by atoms with Crippen LogP contribution < -0.4 is 5.73 Å². The molecule has 5 heteroatoms. The van der Waals surface area contributed by atoms with E-state index in [-0.39, 0.29) is 11.5 Å². The maximum absolute atomic E-state index is 6.11. The van der Waals surface area contributed by atoms with Gasteiger partial charge in [-0.1, -0.05) is 20.8 Å². The first kappa shape index (κ1) is 16.5. The Morgan fingerprint density at radius 2 is 2.00 bits per heavy atom. The molecule has 0 aliphatic carbocycles. The Balaban J connectivity index is 2.22. The lowest BCUT2D eigenvalue weighted by Gasteiger charge is -2.37. The highest BCUT2D eigenvalue weighted by Crippen LogP contribution is 2.32. The van der Waals surface area contributed by atoms with Crippen LogP contribution in [0.5, 0.6) is 0 Å². The SMILES string of the molecule is COC1CCN(C(CN)c2cn(C)nc2C(C)(C)C)CC1. The standard InChI is InChI=1S/C16H30N4O/c1-16(2,3)15-13(11-19(4)18-15)14(10-17)20-8-6-12(21-5)7-9-20/h11-12,14H,6-10,17H2,1-5H3. The molecule has 1 aliphatic heterocycles. The van der Waals surface area contributed by atoms with Crippen LogP contribution in [0.25, 0.3) is 0 Å². The predicted molar refractivity (Wildman–Crippen MR) is 85.3 cm³/mol. The second kappa shape index (κ2) is 6.46. The van der Waals surface area contributed by atoms with Crippen LogP contribution in [0.1, 0.15) is 50.9 Å². The first-order valence-electron chi connectivity index (χ1n) is 7.87. The minimum Gasteiger partial charge on any atom is -0.381 e. The number of aromatic nitrogens is 2. The third-order valence-corrected chi connectivity index (χ3v) is 4.40. The van der Waals surface area contributed by atoms with Gasteiger partial charge in [0.2, 0.25) is 0 Å². The summed E-state index contributed by atoms with van der Waals surface area (Å²) in [5, 5.41) is 4.69. The summed E-state index contributed by atoms with van der Waals surface area (Å²) in [6.45, 7) is 9.35. The van der Waals surface area contributed by atoms with Crippen LogP contribution in [0.3, 0.4) is 0 Å². The highest BCUT2D eigenvalue weighted by atomic mass is 16.5. The maximum Gasteiger partial charge on any atom is 0.0726 e. The van der Waals surface area contributed by atoms with Crippen molar-refractivity contribution in [3.05, 3.63) is 17.5 Å². The lowest BCUT2D eigenvalue weighted by Crippen LogP contribution is -2.42. The van der Waals surface area contributed by atoms with Crippen molar-refractivity contribution in [2.45, 2.75) is 51.2 Å². The lowest BCUT2D eigenvalue weighted by atomic mass is 9.87. The van der Waals surface area contributed by atoms with E-state index in [4.69, 9.17) is 10.5 Å². The van der Waals surface area contributed by atoms with Gasteiger partial charge in [-0.2, -0.15) is 5.10 Å². The van der Waals surface area contributed by atoms with E-state index in [1.165, 1.54) is 5.56 Å². The molecule has 1 aliphatic rings. The molecule has 2 heterocycles. The number of piperidine rings is 1. The molecular formula is C16H30N4O. The van der Waals surface area contributed by atoms with E-state index in [2.05, 4.69) is 37.0 Å². The molecule has 0 saturated carbocycles. The van der Waals surface area contributed by atoms with E-state index in [0.29, 0.717) is 12.6 Å². The first-order chi connectivity index (χ1) is 9.86. The number of methoxy groups -OCH3 is 1. The Hall–Kier alpha value is -0.910. The van der Waals surface area contributed by atoms with Gasteiger partial charge >= 0.3 is 0 Å². The van der Waals surface area contributed by atoms with E-state index in [9.17, 15) is 0 Å².